The first kappa shape index (κ1) is 19.7. The predicted octanol–water partition coefficient (Wildman–Crippen LogP) is 4.37. The molecular weight excluding hydrogens is 406 g/mol. The highest BCUT2D eigenvalue weighted by atomic mass is 32.2. The Morgan fingerprint density at radius 1 is 1.24 bits per heavy atom. The minimum absolute atomic E-state index is 0.112. The van der Waals surface area contributed by atoms with Crippen molar-refractivity contribution in [1.29, 1.82) is 0 Å². The van der Waals surface area contributed by atoms with Crippen LogP contribution in [-0.4, -0.2) is 43.5 Å². The Bertz CT molecular complexity index is 1190. The Hall–Kier alpha value is -2.65. The van der Waals surface area contributed by atoms with Crippen LogP contribution in [0.3, 0.4) is 0 Å². The van der Waals surface area contributed by atoms with Crippen molar-refractivity contribution < 1.29 is 9.21 Å². The van der Waals surface area contributed by atoms with Gasteiger partial charge in [-0.05, 0) is 39.2 Å². The molecule has 4 heterocycles. The molecule has 1 amide bonds. The van der Waals surface area contributed by atoms with Crippen LogP contribution in [0.4, 0.5) is 0 Å². The van der Waals surface area contributed by atoms with Gasteiger partial charge in [0.25, 0.3) is 5.91 Å². The molecule has 0 saturated heterocycles. The number of aromatic nitrogens is 4. The first-order valence-electron chi connectivity index (χ1n) is 9.05. The largest absolute Gasteiger partial charge is 0.461 e. The number of carbonyl (C=O) groups excluding carboxylic acids is 1. The third-order valence-electron chi connectivity index (χ3n) is 4.68. The van der Waals surface area contributed by atoms with E-state index in [4.69, 9.17) is 4.42 Å². The highest BCUT2D eigenvalue weighted by Gasteiger charge is 2.24. The molecule has 150 valence electrons. The maximum atomic E-state index is 13.3. The number of thioether (sulfide) groups is 1. The van der Waals surface area contributed by atoms with Crippen molar-refractivity contribution in [3.63, 3.8) is 0 Å². The van der Waals surface area contributed by atoms with Crippen molar-refractivity contribution >= 4 is 34.0 Å². The summed E-state index contributed by atoms with van der Waals surface area (Å²) in [5, 5.41) is 0.641. The van der Waals surface area contributed by atoms with Crippen molar-refractivity contribution in [3.05, 3.63) is 52.1 Å². The topological polar surface area (TPSA) is 76.5 Å². The summed E-state index contributed by atoms with van der Waals surface area (Å²) in [6, 6.07) is 3.60. The van der Waals surface area contributed by atoms with Gasteiger partial charge in [0.05, 0.1) is 35.5 Å². The van der Waals surface area contributed by atoms with Crippen LogP contribution in [0, 0.1) is 20.8 Å². The molecule has 0 aliphatic heterocycles. The van der Waals surface area contributed by atoms with Gasteiger partial charge in [0, 0.05) is 18.1 Å². The summed E-state index contributed by atoms with van der Waals surface area (Å²) in [7, 11) is 1.80. The Labute approximate surface area is 176 Å². The van der Waals surface area contributed by atoms with Crippen LogP contribution in [0.2, 0.25) is 0 Å². The van der Waals surface area contributed by atoms with Gasteiger partial charge in [-0.3, -0.25) is 9.20 Å². The predicted molar refractivity (Wildman–Crippen MR) is 115 cm³/mol. The fraction of sp³-hybridized carbons (Fsp3) is 0.300. The normalized spacial score (nSPS) is 11.3. The van der Waals surface area contributed by atoms with Gasteiger partial charge in [0.15, 0.2) is 16.5 Å². The lowest BCUT2D eigenvalue weighted by molar-refractivity contribution is 0.0777. The molecule has 9 heteroatoms. The van der Waals surface area contributed by atoms with E-state index < -0.39 is 0 Å². The van der Waals surface area contributed by atoms with E-state index in [1.165, 1.54) is 16.6 Å². The molecule has 0 spiro atoms. The molecule has 4 aromatic rings. The van der Waals surface area contributed by atoms with Crippen LogP contribution in [-0.2, 0) is 6.54 Å². The van der Waals surface area contributed by atoms with Gasteiger partial charge in [0.2, 0.25) is 0 Å². The van der Waals surface area contributed by atoms with E-state index in [-0.39, 0.29) is 5.91 Å². The average molecular weight is 428 g/mol. The minimum Gasteiger partial charge on any atom is -0.461 e. The first-order valence-corrected chi connectivity index (χ1v) is 11.1. The molecule has 0 aliphatic carbocycles. The summed E-state index contributed by atoms with van der Waals surface area (Å²) in [6.45, 7) is 6.32. The van der Waals surface area contributed by atoms with E-state index in [1.54, 1.807) is 35.6 Å². The number of carbonyl (C=O) groups is 1. The molecule has 0 fully saturated rings. The lowest BCUT2D eigenvalue weighted by atomic mass is 10.2. The van der Waals surface area contributed by atoms with Crippen LogP contribution in [0.15, 0.2) is 34.0 Å². The number of rotatable bonds is 5. The van der Waals surface area contributed by atoms with Crippen molar-refractivity contribution in [2.24, 2.45) is 0 Å². The summed E-state index contributed by atoms with van der Waals surface area (Å²) >= 11 is 3.07. The number of furan rings is 1. The van der Waals surface area contributed by atoms with Gasteiger partial charge in [-0.25, -0.2) is 15.0 Å². The monoisotopic (exact) mass is 427 g/mol. The lowest BCUT2D eigenvalue weighted by Gasteiger charge is -2.19. The highest BCUT2D eigenvalue weighted by Crippen LogP contribution is 2.27. The number of amides is 1. The Morgan fingerprint density at radius 2 is 2.03 bits per heavy atom. The highest BCUT2D eigenvalue weighted by molar-refractivity contribution is 7.98. The molecule has 0 saturated carbocycles. The van der Waals surface area contributed by atoms with Crippen LogP contribution in [0.25, 0.3) is 16.5 Å². The van der Waals surface area contributed by atoms with Crippen LogP contribution < -0.4 is 0 Å². The van der Waals surface area contributed by atoms with Gasteiger partial charge in [-0.1, -0.05) is 0 Å². The zero-order chi connectivity index (χ0) is 20.7. The molecule has 0 aromatic carbocycles. The zero-order valence-electron chi connectivity index (χ0n) is 16.9. The average Bonchev–Trinajstić information content (AvgIpc) is 3.39. The van der Waals surface area contributed by atoms with Gasteiger partial charge in [0.1, 0.15) is 5.03 Å². The quantitative estimate of drug-likeness (QED) is 0.348. The number of hydrogen-bond donors (Lipinski definition) is 0. The molecule has 7 nitrogen and oxygen atoms in total. The molecular formula is C20H21N5O2S2. The smallest absolute Gasteiger partial charge is 0.258 e. The second-order valence-corrected chi connectivity index (χ2v) is 8.80. The Morgan fingerprint density at radius 3 is 2.72 bits per heavy atom. The summed E-state index contributed by atoms with van der Waals surface area (Å²) in [4.78, 5) is 30.8. The number of nitrogens with zero attached hydrogens (tertiary/aromatic N) is 5. The maximum absolute atomic E-state index is 13.3. The summed E-state index contributed by atoms with van der Waals surface area (Å²) < 4.78 is 7.48. The van der Waals surface area contributed by atoms with E-state index in [9.17, 15) is 4.79 Å². The van der Waals surface area contributed by atoms with Gasteiger partial charge >= 0.3 is 0 Å². The molecule has 0 N–H and O–H groups in total. The number of thiazole rings is 1. The fourth-order valence-corrected chi connectivity index (χ4v) is 4.75. The van der Waals surface area contributed by atoms with E-state index in [2.05, 4.69) is 32.5 Å². The standard InChI is InChI=1S/C20H21N5O2S2/c1-11-9-25-14(12(2)22-20(25)29-11)10-24(4)19(26)16-13(3)21-17(23-18(16)28-5)15-7-6-8-27-15/h6-9H,10H2,1-5H3. The fourth-order valence-electron chi connectivity index (χ4n) is 3.24. The van der Waals surface area contributed by atoms with Gasteiger partial charge in [-0.2, -0.15) is 0 Å². The minimum atomic E-state index is -0.112. The second kappa shape index (κ2) is 7.64. The summed E-state index contributed by atoms with van der Waals surface area (Å²) in [5.74, 6) is 0.957. The lowest BCUT2D eigenvalue weighted by Crippen LogP contribution is -2.29. The third kappa shape index (κ3) is 3.56. The van der Waals surface area contributed by atoms with Gasteiger partial charge in [-0.15, -0.1) is 23.1 Å². The molecule has 29 heavy (non-hydrogen) atoms. The maximum Gasteiger partial charge on any atom is 0.258 e. The number of imidazole rings is 1. The van der Waals surface area contributed by atoms with E-state index in [0.29, 0.717) is 34.4 Å². The van der Waals surface area contributed by atoms with E-state index in [1.807, 2.05) is 26.2 Å². The van der Waals surface area contributed by atoms with Crippen LogP contribution >= 0.6 is 23.1 Å². The van der Waals surface area contributed by atoms with Crippen molar-refractivity contribution in [3.8, 4) is 11.6 Å². The summed E-state index contributed by atoms with van der Waals surface area (Å²) in [6.07, 6.45) is 5.55. The van der Waals surface area contributed by atoms with Gasteiger partial charge < -0.3 is 9.32 Å². The van der Waals surface area contributed by atoms with Crippen LogP contribution in [0.5, 0.6) is 0 Å². The number of hydrogen-bond acceptors (Lipinski definition) is 7. The Kier molecular flexibility index (Phi) is 5.18. The first-order chi connectivity index (χ1) is 13.9. The van der Waals surface area contributed by atoms with Crippen molar-refractivity contribution in [2.45, 2.75) is 32.3 Å². The van der Waals surface area contributed by atoms with Crippen molar-refractivity contribution in [2.75, 3.05) is 13.3 Å². The second-order valence-electron chi connectivity index (χ2n) is 6.79. The number of fused-ring (bicyclic) bond motifs is 1. The zero-order valence-corrected chi connectivity index (χ0v) is 18.5. The molecule has 4 rings (SSSR count). The van der Waals surface area contributed by atoms with E-state index >= 15 is 0 Å². The summed E-state index contributed by atoms with van der Waals surface area (Å²) in [5.41, 5.74) is 3.10. The molecule has 0 aliphatic rings. The molecule has 0 bridgehead atoms. The number of aryl methyl sites for hydroxylation is 3. The molecule has 0 radical (unpaired) electrons. The molecule has 0 atom stereocenters. The van der Waals surface area contributed by atoms with E-state index in [0.717, 1.165) is 16.3 Å². The molecule has 4 aromatic heterocycles. The molecule has 0 unspecified atom stereocenters. The van der Waals surface area contributed by atoms with Crippen molar-refractivity contribution in [1.82, 2.24) is 24.3 Å². The Balaban J connectivity index is 1.67. The van der Waals surface area contributed by atoms with Crippen LogP contribution in [0.1, 0.15) is 32.3 Å². The SMILES string of the molecule is CSc1nc(-c2ccco2)nc(C)c1C(=O)N(C)Cc1c(C)nc2sc(C)cn12. The third-order valence-corrected chi connectivity index (χ3v) is 6.26.